The maximum Gasteiger partial charge on any atom is 0.347 e. The molecule has 0 aromatic heterocycles. The Morgan fingerprint density at radius 3 is 1.02 bits per heavy atom. The first kappa shape index (κ1) is 100. The first-order valence-electron chi connectivity index (χ1n) is 57.3. The molecular weight excluding hydrogens is 1740 g/mol. The van der Waals surface area contributed by atoms with E-state index >= 15 is 0 Å². The summed E-state index contributed by atoms with van der Waals surface area (Å²) in [5.41, 5.74) is -1.41. The van der Waals surface area contributed by atoms with Crippen LogP contribution in [-0.2, 0) is 90.5 Å². The largest absolute Gasteiger partial charge is 0.481 e. The number of carbonyl (C=O) groups excluding carboxylic acids is 8. The van der Waals surface area contributed by atoms with Crippen LogP contribution in [0.5, 0.6) is 0 Å². The SMILES string of the molecule is CC1C(C)C2CC1C(C(=O)OC1CCOC1=O)C2C(=O)OC(C)(C)C.CC1C(C)C2CC1C1C3CC(C(=O)OC(C)(C)C)C(C3)C21.CC1C(C)C2CC1C1C3CC(C(=O)OC(C)(C)C)C(C3)C21.CC1C(C)C2CC1C1C3CC(C(=O)OC4(C)C5CC6CC(C5)CC4C6)C(C3)C21.CC1C(C)C2CC1C1C3CC(C(=O)OC4CCCCO4)C(C3)C21.CCOC(C)OC(=O)C1C2CC(C(C)C2C)C1C(=O)O. The molecule has 0 aromatic carbocycles. The van der Waals surface area contributed by atoms with Crippen molar-refractivity contribution in [1.82, 2.24) is 0 Å². The average molecular weight is 1920 g/mol. The van der Waals surface area contributed by atoms with Crippen LogP contribution >= 0.6 is 0 Å². The van der Waals surface area contributed by atoms with Gasteiger partial charge in [0.05, 0.1) is 60.6 Å². The molecule has 20 nitrogen and oxygen atoms in total. The number of fused-ring (bicyclic) bond motifs is 40. The van der Waals surface area contributed by atoms with Gasteiger partial charge in [0.2, 0.25) is 12.4 Å². The van der Waals surface area contributed by atoms with Crippen molar-refractivity contribution < 1.29 is 95.6 Å². The second-order valence-electron chi connectivity index (χ2n) is 55.8. The number of esters is 8. The van der Waals surface area contributed by atoms with Crippen molar-refractivity contribution in [2.75, 3.05) is 19.8 Å². The maximum absolute atomic E-state index is 13.6. The van der Waals surface area contributed by atoms with Crippen molar-refractivity contribution in [2.45, 2.75) is 355 Å². The van der Waals surface area contributed by atoms with E-state index in [1.807, 2.05) is 69.2 Å². The number of carboxylic acids is 1. The van der Waals surface area contributed by atoms with Crippen LogP contribution in [-0.4, -0.2) is 120 Å². The van der Waals surface area contributed by atoms with Crippen LogP contribution in [0.3, 0.4) is 0 Å². The van der Waals surface area contributed by atoms with Gasteiger partial charge in [-0.15, -0.1) is 0 Å². The van der Waals surface area contributed by atoms with Gasteiger partial charge in [-0.3, -0.25) is 38.4 Å². The van der Waals surface area contributed by atoms with E-state index in [-0.39, 0.29) is 107 Å². The number of hydrogen-bond donors (Lipinski definition) is 1. The zero-order chi connectivity index (χ0) is 98.4. The Balaban J connectivity index is 0.000000103. The predicted molar refractivity (Wildman–Crippen MR) is 519 cm³/mol. The highest BCUT2D eigenvalue weighted by Gasteiger charge is 2.74. The highest BCUT2D eigenvalue weighted by atomic mass is 16.7. The van der Waals surface area contributed by atoms with Crippen molar-refractivity contribution in [3.8, 4) is 0 Å². The molecule has 0 amide bonds. The maximum atomic E-state index is 13.6. The third-order valence-electron chi connectivity index (χ3n) is 47.3. The molecule has 2 saturated heterocycles. The molecule has 26 fully saturated rings. The normalized spacial score (nSPS) is 52.3. The molecule has 2 heterocycles. The molecule has 20 heteroatoms. The third-order valence-corrected chi connectivity index (χ3v) is 47.3. The number of cyclic esters (lactones) is 1. The van der Waals surface area contributed by atoms with Crippen molar-refractivity contribution in [3.63, 3.8) is 0 Å². The number of carboxylic acid groups (broad SMARTS) is 1. The zero-order valence-electron chi connectivity index (χ0n) is 88.8. The summed E-state index contributed by atoms with van der Waals surface area (Å²) < 4.78 is 55.7. The van der Waals surface area contributed by atoms with Crippen LogP contribution < -0.4 is 0 Å². The van der Waals surface area contributed by atoms with Gasteiger partial charge in [-0.25, -0.2) is 4.79 Å². The third kappa shape index (κ3) is 17.1. The lowest BCUT2D eigenvalue weighted by atomic mass is 9.50. The molecule has 24 bridgehead atoms. The van der Waals surface area contributed by atoms with E-state index in [0.29, 0.717) is 72.2 Å². The second kappa shape index (κ2) is 37.2. The summed E-state index contributed by atoms with van der Waals surface area (Å²) in [7, 11) is 0. The van der Waals surface area contributed by atoms with Crippen LogP contribution in [0.2, 0.25) is 0 Å². The fourth-order valence-corrected chi connectivity index (χ4v) is 41.3. The highest BCUT2D eigenvalue weighted by Crippen LogP contribution is 2.77. The van der Waals surface area contributed by atoms with Gasteiger partial charge in [0.15, 0.2) is 6.29 Å². The summed E-state index contributed by atoms with van der Waals surface area (Å²) in [6, 6.07) is 0. The van der Waals surface area contributed by atoms with E-state index in [2.05, 4.69) is 90.0 Å². The molecule has 772 valence electrons. The Bertz CT molecular complexity index is 4430. The predicted octanol–water partition coefficient (Wildman–Crippen LogP) is 22.2. The van der Waals surface area contributed by atoms with E-state index in [1.165, 1.54) is 83.5 Å². The van der Waals surface area contributed by atoms with Crippen molar-refractivity contribution in [1.29, 1.82) is 0 Å². The lowest BCUT2D eigenvalue weighted by Crippen LogP contribution is -2.58. The van der Waals surface area contributed by atoms with E-state index < -0.39 is 65.5 Å². The summed E-state index contributed by atoms with van der Waals surface area (Å²) in [6.45, 7) is 53.0. The van der Waals surface area contributed by atoms with Gasteiger partial charge in [0, 0.05) is 19.4 Å². The lowest BCUT2D eigenvalue weighted by Gasteiger charge is -2.59. The van der Waals surface area contributed by atoms with E-state index in [1.54, 1.807) is 6.92 Å². The minimum Gasteiger partial charge on any atom is -0.481 e. The Morgan fingerprint density at radius 1 is 0.355 bits per heavy atom. The molecule has 51 unspecified atom stereocenters. The van der Waals surface area contributed by atoms with E-state index in [4.69, 9.17) is 47.4 Å². The molecule has 24 aliphatic carbocycles. The van der Waals surface area contributed by atoms with Crippen molar-refractivity contribution in [2.24, 2.45) is 308 Å². The lowest BCUT2D eigenvalue weighted by molar-refractivity contribution is -0.209. The van der Waals surface area contributed by atoms with Crippen LogP contribution in [0.1, 0.15) is 314 Å². The first-order valence-corrected chi connectivity index (χ1v) is 57.3. The number of hydrogen-bond acceptors (Lipinski definition) is 19. The standard InChI is InChI=1S/C26H38O2.C20H30O3.C19H28O6.2C19H30O2.C15H24O5/c1-12-13(2)20-11-19(12)23-16-9-21(24(20)23)22(10-16)25(27)28-26(3)17-5-14-4-15(7-17)8-18(26)6-14;1-10-11(2)14-9-13(10)18-12-7-15(19(14)18)16(8-12)20(21)23-17-5-3-4-6-22-17;1-9-10(2)12-8-11(9)14(15(12)18(22)25-19(3,4)5)17(21)24-13-6-7-23-16(13)20;2*1-9-10(2)13-8-12(9)16-11-6-14(17(13)16)15(7-11)18(20)21-19(3,4)5;1-5-19-9(4)20-15(18)13-11-6-10(7(2)8(11)3)12(13)14(16)17/h12-24H,4-11H2,1-3H3;10-19H,3-9H2,1-2H3;9-15H,6-8H2,1-5H3;2*9-17H,6-8H2,1-5H3;7-13H,5-6H2,1-4H3,(H,16,17). The Morgan fingerprint density at radius 2 is 0.681 bits per heavy atom. The van der Waals surface area contributed by atoms with Crippen LogP contribution in [0.4, 0.5) is 0 Å². The molecule has 1 N–H and O–H groups in total. The quantitative estimate of drug-likeness (QED) is 0.0733. The van der Waals surface area contributed by atoms with Crippen LogP contribution in [0.25, 0.3) is 0 Å². The molecule has 0 aromatic rings. The van der Waals surface area contributed by atoms with Gasteiger partial charge >= 0.3 is 53.7 Å². The topological polar surface area (TPSA) is 266 Å². The molecule has 2 aliphatic heterocycles. The van der Waals surface area contributed by atoms with E-state index in [0.717, 1.165) is 242 Å². The number of aliphatic carboxylic acids is 1. The number of rotatable bonds is 14. The first-order chi connectivity index (χ1) is 65.1. The summed E-state index contributed by atoms with van der Waals surface area (Å²) >= 11 is 0. The Kier molecular flexibility index (Phi) is 27.1. The monoisotopic (exact) mass is 1920 g/mol. The Hall–Kier alpha value is -4.85. The summed E-state index contributed by atoms with van der Waals surface area (Å²) in [5.74, 6) is 29.3. The second-order valence-corrected chi connectivity index (χ2v) is 55.8. The van der Waals surface area contributed by atoms with E-state index in [9.17, 15) is 48.3 Å². The fourth-order valence-electron chi connectivity index (χ4n) is 41.3. The van der Waals surface area contributed by atoms with Gasteiger partial charge in [-0.05, 0) is 478 Å². The molecule has 24 saturated carbocycles. The summed E-state index contributed by atoms with van der Waals surface area (Å²) in [6.07, 6.45) is 25.8. The van der Waals surface area contributed by atoms with Crippen LogP contribution in [0, 0.1) is 308 Å². The van der Waals surface area contributed by atoms with Gasteiger partial charge < -0.3 is 52.5 Å². The summed E-state index contributed by atoms with van der Waals surface area (Å²) in [4.78, 5) is 113. The van der Waals surface area contributed by atoms with Crippen molar-refractivity contribution in [3.05, 3.63) is 0 Å². The smallest absolute Gasteiger partial charge is 0.347 e. The minimum atomic E-state index is -0.873. The van der Waals surface area contributed by atoms with Gasteiger partial charge in [-0.1, -0.05) is 83.1 Å². The molecule has 0 radical (unpaired) electrons. The molecule has 0 spiro atoms. The highest BCUT2D eigenvalue weighted by molar-refractivity contribution is 5.87. The molecule has 26 aliphatic rings. The average Bonchev–Trinajstić information content (AvgIpc) is 1.53. The molecule has 138 heavy (non-hydrogen) atoms. The summed E-state index contributed by atoms with van der Waals surface area (Å²) in [5, 5.41) is 9.46. The van der Waals surface area contributed by atoms with Crippen LogP contribution in [0.15, 0.2) is 0 Å². The molecular formula is C118H180O20. The Labute approximate surface area is 827 Å². The van der Waals surface area contributed by atoms with Gasteiger partial charge in [-0.2, -0.15) is 0 Å². The minimum absolute atomic E-state index is 0.0614. The molecule has 26 rings (SSSR count). The molecule has 51 atom stereocenters. The van der Waals surface area contributed by atoms with Crippen molar-refractivity contribution >= 4 is 53.7 Å². The number of ether oxygens (including phenoxy) is 10. The number of carbonyl (C=O) groups is 9. The van der Waals surface area contributed by atoms with Gasteiger partial charge in [0.25, 0.3) is 0 Å². The fraction of sp³-hybridized carbons (Fsp3) is 0.924. The van der Waals surface area contributed by atoms with Gasteiger partial charge in [0.1, 0.15) is 22.4 Å². The zero-order valence-corrected chi connectivity index (χ0v) is 88.8.